The molecule has 19 heavy (non-hydrogen) atoms. The minimum absolute atomic E-state index is 0.644. The Labute approximate surface area is 117 Å². The van der Waals surface area contributed by atoms with Crippen LogP contribution in [0.25, 0.3) is 10.8 Å². The molecule has 0 spiro atoms. The predicted molar refractivity (Wildman–Crippen MR) is 84.7 cm³/mol. The van der Waals surface area contributed by atoms with Gasteiger partial charge in [-0.25, -0.2) is 0 Å². The molecule has 2 aromatic carbocycles. The van der Waals surface area contributed by atoms with Crippen molar-refractivity contribution < 1.29 is 0 Å². The van der Waals surface area contributed by atoms with E-state index in [1.165, 1.54) is 35.6 Å². The Morgan fingerprint density at radius 2 is 1.74 bits per heavy atom. The number of hydrogen-bond acceptors (Lipinski definition) is 1. The van der Waals surface area contributed by atoms with E-state index in [1.54, 1.807) is 0 Å². The molecule has 0 aliphatic carbocycles. The topological polar surface area (TPSA) is 3.24 Å². The molecule has 0 bridgehead atoms. The molecule has 102 valence electrons. The van der Waals surface area contributed by atoms with E-state index in [0.29, 0.717) is 6.04 Å². The van der Waals surface area contributed by atoms with Crippen molar-refractivity contribution in [3.63, 3.8) is 0 Å². The lowest BCUT2D eigenvalue weighted by atomic mass is 9.96. The van der Waals surface area contributed by atoms with Gasteiger partial charge in [0.05, 0.1) is 0 Å². The van der Waals surface area contributed by atoms with Crippen molar-refractivity contribution in [3.8, 4) is 0 Å². The first-order valence-corrected chi connectivity index (χ1v) is 7.35. The van der Waals surface area contributed by atoms with Crippen molar-refractivity contribution in [2.75, 3.05) is 14.1 Å². The maximum Gasteiger partial charge on any atom is 0.0130 e. The van der Waals surface area contributed by atoms with Crippen molar-refractivity contribution >= 4 is 10.8 Å². The van der Waals surface area contributed by atoms with E-state index in [1.807, 2.05) is 0 Å². The lowest BCUT2D eigenvalue weighted by Gasteiger charge is -2.25. The summed E-state index contributed by atoms with van der Waals surface area (Å²) in [6.07, 6.45) is 5.02. The Morgan fingerprint density at radius 1 is 1.00 bits per heavy atom. The van der Waals surface area contributed by atoms with Gasteiger partial charge in [-0.15, -0.1) is 0 Å². The first-order chi connectivity index (χ1) is 9.22. The first kappa shape index (κ1) is 14.1. The second kappa shape index (κ2) is 6.72. The van der Waals surface area contributed by atoms with Gasteiger partial charge in [-0.05, 0) is 43.3 Å². The van der Waals surface area contributed by atoms with E-state index in [4.69, 9.17) is 0 Å². The number of unbranched alkanes of at least 4 members (excludes halogenated alkanes) is 1. The SMILES string of the molecule is CCCCC(Cc1cccc2ccccc12)N(C)C. The Bertz CT molecular complexity index is 511. The van der Waals surface area contributed by atoms with E-state index in [9.17, 15) is 0 Å². The summed E-state index contributed by atoms with van der Waals surface area (Å²) in [6.45, 7) is 2.27. The van der Waals surface area contributed by atoms with Crippen LogP contribution >= 0.6 is 0 Å². The third-order valence-electron chi connectivity index (χ3n) is 3.96. The molecule has 0 saturated heterocycles. The van der Waals surface area contributed by atoms with Crippen LogP contribution in [-0.4, -0.2) is 25.0 Å². The lowest BCUT2D eigenvalue weighted by Crippen LogP contribution is -2.30. The van der Waals surface area contributed by atoms with Crippen molar-refractivity contribution in [1.29, 1.82) is 0 Å². The minimum Gasteiger partial charge on any atom is -0.306 e. The van der Waals surface area contributed by atoms with Gasteiger partial charge in [0.15, 0.2) is 0 Å². The van der Waals surface area contributed by atoms with Crippen LogP contribution < -0.4 is 0 Å². The maximum absolute atomic E-state index is 2.37. The van der Waals surface area contributed by atoms with Crippen molar-refractivity contribution in [2.45, 2.75) is 38.6 Å². The number of hydrogen-bond donors (Lipinski definition) is 0. The molecule has 1 heteroatoms. The molecule has 1 atom stereocenters. The highest BCUT2D eigenvalue weighted by Crippen LogP contribution is 2.22. The van der Waals surface area contributed by atoms with E-state index < -0.39 is 0 Å². The standard InChI is InChI=1S/C18H25N/c1-4-5-12-17(19(2)3)14-16-11-8-10-15-9-6-7-13-18(15)16/h6-11,13,17H,4-5,12,14H2,1-3H3. The summed E-state index contributed by atoms with van der Waals surface area (Å²) in [6, 6.07) is 16.0. The Balaban J connectivity index is 2.23. The first-order valence-electron chi connectivity index (χ1n) is 7.35. The van der Waals surface area contributed by atoms with Crippen LogP contribution in [0.1, 0.15) is 31.7 Å². The summed E-state index contributed by atoms with van der Waals surface area (Å²) in [5.74, 6) is 0. The maximum atomic E-state index is 2.37. The second-order valence-electron chi connectivity index (χ2n) is 5.60. The average molecular weight is 255 g/mol. The van der Waals surface area contributed by atoms with Gasteiger partial charge in [-0.2, -0.15) is 0 Å². The number of likely N-dealkylation sites (N-methyl/N-ethyl adjacent to an activating group) is 1. The molecule has 0 aliphatic rings. The number of fused-ring (bicyclic) bond motifs is 1. The normalized spacial score (nSPS) is 13.1. The molecular weight excluding hydrogens is 230 g/mol. The van der Waals surface area contributed by atoms with Crippen LogP contribution in [0.4, 0.5) is 0 Å². The van der Waals surface area contributed by atoms with Crippen LogP contribution in [0.5, 0.6) is 0 Å². The molecule has 1 nitrogen and oxygen atoms in total. The summed E-state index contributed by atoms with van der Waals surface area (Å²) in [5, 5.41) is 2.77. The Morgan fingerprint density at radius 3 is 2.47 bits per heavy atom. The van der Waals surface area contributed by atoms with Gasteiger partial charge in [0.1, 0.15) is 0 Å². The summed E-state index contributed by atoms with van der Waals surface area (Å²) in [7, 11) is 4.40. The lowest BCUT2D eigenvalue weighted by molar-refractivity contribution is 0.272. The van der Waals surface area contributed by atoms with Gasteiger partial charge in [0.25, 0.3) is 0 Å². The monoisotopic (exact) mass is 255 g/mol. The fourth-order valence-corrected chi connectivity index (χ4v) is 2.71. The molecule has 1 unspecified atom stereocenters. The Kier molecular flexibility index (Phi) is 4.98. The summed E-state index contributed by atoms with van der Waals surface area (Å²) in [4.78, 5) is 2.37. The van der Waals surface area contributed by atoms with Crippen LogP contribution in [0.3, 0.4) is 0 Å². The molecule has 2 rings (SSSR count). The molecule has 0 amide bonds. The minimum atomic E-state index is 0.644. The fourth-order valence-electron chi connectivity index (χ4n) is 2.71. The smallest absolute Gasteiger partial charge is 0.0130 e. The molecule has 0 aromatic heterocycles. The second-order valence-corrected chi connectivity index (χ2v) is 5.60. The van der Waals surface area contributed by atoms with Crippen LogP contribution in [0, 0.1) is 0 Å². The molecule has 0 aliphatic heterocycles. The van der Waals surface area contributed by atoms with Crippen LogP contribution in [0.15, 0.2) is 42.5 Å². The van der Waals surface area contributed by atoms with E-state index in [2.05, 4.69) is 68.4 Å². The van der Waals surface area contributed by atoms with Gasteiger partial charge in [-0.3, -0.25) is 0 Å². The summed E-state index contributed by atoms with van der Waals surface area (Å²) < 4.78 is 0. The molecule has 2 aromatic rings. The summed E-state index contributed by atoms with van der Waals surface area (Å²) in [5.41, 5.74) is 1.48. The van der Waals surface area contributed by atoms with Gasteiger partial charge >= 0.3 is 0 Å². The highest BCUT2D eigenvalue weighted by Gasteiger charge is 2.13. The zero-order chi connectivity index (χ0) is 13.7. The van der Waals surface area contributed by atoms with Crippen molar-refractivity contribution in [3.05, 3.63) is 48.0 Å². The predicted octanol–water partition coefficient (Wildman–Crippen LogP) is 4.50. The van der Waals surface area contributed by atoms with Gasteiger partial charge in [0.2, 0.25) is 0 Å². The number of benzene rings is 2. The molecule has 0 N–H and O–H groups in total. The molecule has 0 fully saturated rings. The third-order valence-corrected chi connectivity index (χ3v) is 3.96. The summed E-state index contributed by atoms with van der Waals surface area (Å²) >= 11 is 0. The van der Waals surface area contributed by atoms with Crippen LogP contribution in [-0.2, 0) is 6.42 Å². The largest absolute Gasteiger partial charge is 0.306 e. The zero-order valence-electron chi connectivity index (χ0n) is 12.4. The third kappa shape index (κ3) is 3.57. The van der Waals surface area contributed by atoms with E-state index in [0.717, 1.165) is 6.42 Å². The van der Waals surface area contributed by atoms with Gasteiger partial charge in [0, 0.05) is 6.04 Å². The highest BCUT2D eigenvalue weighted by atomic mass is 15.1. The Hall–Kier alpha value is -1.34. The number of rotatable bonds is 6. The molecule has 0 radical (unpaired) electrons. The van der Waals surface area contributed by atoms with Gasteiger partial charge < -0.3 is 4.90 Å². The van der Waals surface area contributed by atoms with Crippen molar-refractivity contribution in [2.24, 2.45) is 0 Å². The molecule has 0 heterocycles. The highest BCUT2D eigenvalue weighted by molar-refractivity contribution is 5.85. The van der Waals surface area contributed by atoms with E-state index in [-0.39, 0.29) is 0 Å². The average Bonchev–Trinajstić information content (AvgIpc) is 2.43. The van der Waals surface area contributed by atoms with Crippen LogP contribution in [0.2, 0.25) is 0 Å². The quantitative estimate of drug-likeness (QED) is 0.734. The van der Waals surface area contributed by atoms with Crippen molar-refractivity contribution in [1.82, 2.24) is 4.90 Å². The van der Waals surface area contributed by atoms with Gasteiger partial charge in [-0.1, -0.05) is 62.2 Å². The fraction of sp³-hybridized carbons (Fsp3) is 0.444. The zero-order valence-corrected chi connectivity index (χ0v) is 12.4. The number of nitrogens with zero attached hydrogens (tertiary/aromatic N) is 1. The molecular formula is C18H25N. The molecule has 0 saturated carbocycles. The van der Waals surface area contributed by atoms with E-state index >= 15 is 0 Å².